The van der Waals surface area contributed by atoms with Crippen LogP contribution in [0.3, 0.4) is 0 Å². The first-order chi connectivity index (χ1) is 20.0. The quantitative estimate of drug-likeness (QED) is 0.352. The molecule has 12 heteroatoms. The second-order valence-corrected chi connectivity index (χ2v) is 10.1. The molecular weight excluding hydrogens is 547 g/mol. The molecule has 1 aromatic carbocycles. The Kier molecular flexibility index (Phi) is 8.33. The third-order valence-corrected chi connectivity index (χ3v) is 6.87. The highest BCUT2D eigenvalue weighted by molar-refractivity contribution is 6.04. The number of ether oxygens (including phenoxy) is 1. The van der Waals surface area contributed by atoms with E-state index in [9.17, 15) is 18.0 Å². The van der Waals surface area contributed by atoms with Gasteiger partial charge in [0.05, 0.1) is 28.7 Å². The molecule has 1 saturated heterocycles. The summed E-state index contributed by atoms with van der Waals surface area (Å²) in [6.07, 6.45) is 1.20. The predicted octanol–water partition coefficient (Wildman–Crippen LogP) is 4.33. The smallest absolute Gasteiger partial charge is 0.405 e. The summed E-state index contributed by atoms with van der Waals surface area (Å²) in [7, 11) is 2.00. The Labute approximate surface area is 240 Å². The molecule has 9 nitrogen and oxygen atoms in total. The van der Waals surface area contributed by atoms with Crippen LogP contribution in [0.4, 0.5) is 18.9 Å². The van der Waals surface area contributed by atoms with E-state index in [4.69, 9.17) is 0 Å². The number of benzene rings is 1. The SMILES string of the molecule is Cc1nc2cncc(C#Cc3cncc(C(=O)Nc4ccc(CN5CCN(C)CC5)c(OC(F)(F)F)c4)c3)c2nc1C. The minimum atomic E-state index is -4.88. The van der Waals surface area contributed by atoms with Gasteiger partial charge in [-0.25, -0.2) is 9.97 Å². The van der Waals surface area contributed by atoms with Crippen LogP contribution in [-0.4, -0.2) is 75.2 Å². The van der Waals surface area contributed by atoms with Gasteiger partial charge in [0.2, 0.25) is 0 Å². The molecular formula is C30H28F3N7O2. The molecule has 0 saturated carbocycles. The summed E-state index contributed by atoms with van der Waals surface area (Å²) in [5.41, 5.74) is 4.59. The van der Waals surface area contributed by atoms with Crippen LogP contribution in [0, 0.1) is 25.7 Å². The number of pyridine rings is 2. The van der Waals surface area contributed by atoms with Gasteiger partial charge in [-0.05, 0) is 33.0 Å². The largest absolute Gasteiger partial charge is 0.573 e. The van der Waals surface area contributed by atoms with Crippen molar-refractivity contribution in [2.45, 2.75) is 26.8 Å². The summed E-state index contributed by atoms with van der Waals surface area (Å²) in [6.45, 7) is 7.16. The highest BCUT2D eigenvalue weighted by Gasteiger charge is 2.32. The maximum Gasteiger partial charge on any atom is 0.573 e. The molecule has 0 atom stereocenters. The lowest BCUT2D eigenvalue weighted by Crippen LogP contribution is -2.43. The molecule has 0 bridgehead atoms. The number of carbonyl (C=O) groups excluding carboxylic acids is 1. The number of anilines is 1. The lowest BCUT2D eigenvalue weighted by atomic mass is 10.1. The number of nitrogens with one attached hydrogen (secondary N) is 1. The van der Waals surface area contributed by atoms with Gasteiger partial charge in [-0.2, -0.15) is 0 Å². The summed E-state index contributed by atoms with van der Waals surface area (Å²) >= 11 is 0. The zero-order valence-electron chi connectivity index (χ0n) is 23.3. The Morgan fingerprint density at radius 3 is 2.48 bits per heavy atom. The van der Waals surface area contributed by atoms with Crippen molar-refractivity contribution in [1.82, 2.24) is 29.7 Å². The molecule has 3 aromatic heterocycles. The molecule has 216 valence electrons. The van der Waals surface area contributed by atoms with Crippen molar-refractivity contribution < 1.29 is 22.7 Å². The Morgan fingerprint density at radius 1 is 0.976 bits per heavy atom. The fraction of sp³-hybridized carbons (Fsp3) is 0.300. The number of fused-ring (bicyclic) bond motifs is 1. The lowest BCUT2D eigenvalue weighted by Gasteiger charge is -2.32. The number of piperazine rings is 1. The minimum absolute atomic E-state index is 0.156. The van der Waals surface area contributed by atoms with Gasteiger partial charge in [-0.3, -0.25) is 19.7 Å². The van der Waals surface area contributed by atoms with Gasteiger partial charge >= 0.3 is 6.36 Å². The van der Waals surface area contributed by atoms with Gasteiger partial charge in [-0.1, -0.05) is 17.9 Å². The summed E-state index contributed by atoms with van der Waals surface area (Å²) in [5.74, 6) is 5.09. The van der Waals surface area contributed by atoms with Gasteiger partial charge in [0, 0.05) is 74.2 Å². The van der Waals surface area contributed by atoms with Crippen LogP contribution < -0.4 is 10.1 Å². The molecule has 0 unspecified atom stereocenters. The van der Waals surface area contributed by atoms with Crippen LogP contribution in [0.15, 0.2) is 49.1 Å². The Morgan fingerprint density at radius 2 is 1.71 bits per heavy atom. The molecule has 4 heterocycles. The third-order valence-electron chi connectivity index (χ3n) is 6.87. The lowest BCUT2D eigenvalue weighted by molar-refractivity contribution is -0.275. The maximum atomic E-state index is 13.2. The molecule has 0 spiro atoms. The van der Waals surface area contributed by atoms with Gasteiger partial charge in [-0.15, -0.1) is 13.2 Å². The van der Waals surface area contributed by atoms with E-state index in [1.165, 1.54) is 18.5 Å². The van der Waals surface area contributed by atoms with Crippen LogP contribution in [0.1, 0.15) is 38.4 Å². The number of hydrogen-bond acceptors (Lipinski definition) is 8. The number of nitrogens with zero attached hydrogens (tertiary/aromatic N) is 6. The second kappa shape index (κ2) is 12.1. The Hall–Kier alpha value is -4.60. The number of aromatic nitrogens is 4. The number of carbonyl (C=O) groups is 1. The Balaban J connectivity index is 1.34. The number of aryl methyl sites for hydroxylation is 2. The number of halogens is 3. The van der Waals surface area contributed by atoms with Crippen molar-refractivity contribution >= 4 is 22.6 Å². The van der Waals surface area contributed by atoms with Crippen molar-refractivity contribution in [3.8, 4) is 17.6 Å². The minimum Gasteiger partial charge on any atom is -0.405 e. The number of hydrogen-bond donors (Lipinski definition) is 1. The first-order valence-electron chi connectivity index (χ1n) is 13.2. The summed E-state index contributed by atoms with van der Waals surface area (Å²) < 4.78 is 44.0. The second-order valence-electron chi connectivity index (χ2n) is 10.1. The van der Waals surface area contributed by atoms with E-state index in [-0.39, 0.29) is 17.0 Å². The zero-order valence-corrected chi connectivity index (χ0v) is 23.3. The summed E-state index contributed by atoms with van der Waals surface area (Å²) in [5, 5.41) is 2.63. The zero-order chi connectivity index (χ0) is 29.9. The average molecular weight is 576 g/mol. The maximum absolute atomic E-state index is 13.2. The fourth-order valence-electron chi connectivity index (χ4n) is 4.45. The molecule has 1 aliphatic heterocycles. The average Bonchev–Trinajstić information content (AvgIpc) is 2.94. The predicted molar refractivity (Wildman–Crippen MR) is 151 cm³/mol. The monoisotopic (exact) mass is 575 g/mol. The summed E-state index contributed by atoms with van der Waals surface area (Å²) in [6, 6.07) is 5.83. The van der Waals surface area contributed by atoms with Crippen LogP contribution >= 0.6 is 0 Å². The molecule has 42 heavy (non-hydrogen) atoms. The standard InChI is InChI=1S/C30H28F3N7O2/c1-19-20(2)37-28-22(15-35-17-26(28)36-19)5-4-21-12-24(16-34-14-21)29(41)38-25-7-6-23(27(13-25)42-30(31,32)33)18-40-10-8-39(3)9-11-40/h6-7,12-17H,8-11,18H2,1-3H3,(H,38,41). The Bertz CT molecular complexity index is 1690. The van der Waals surface area contributed by atoms with Crippen LogP contribution in [-0.2, 0) is 6.54 Å². The number of likely N-dealkylation sites (N-methyl/N-ethyl adjacent to an activating group) is 1. The first kappa shape index (κ1) is 28.9. The van der Waals surface area contributed by atoms with Crippen molar-refractivity contribution in [3.05, 3.63) is 82.7 Å². The van der Waals surface area contributed by atoms with E-state index in [0.717, 1.165) is 37.6 Å². The molecule has 1 amide bonds. The normalized spacial score (nSPS) is 14.3. The fourth-order valence-corrected chi connectivity index (χ4v) is 4.45. The molecule has 0 radical (unpaired) electrons. The van der Waals surface area contributed by atoms with Crippen LogP contribution in [0.25, 0.3) is 11.0 Å². The van der Waals surface area contributed by atoms with Gasteiger partial charge in [0.25, 0.3) is 5.91 Å². The van der Waals surface area contributed by atoms with E-state index in [1.807, 2.05) is 20.9 Å². The molecule has 1 N–H and O–H groups in total. The number of amides is 1. The highest BCUT2D eigenvalue weighted by atomic mass is 19.4. The van der Waals surface area contributed by atoms with Gasteiger partial charge < -0.3 is 15.0 Å². The topological polar surface area (TPSA) is 96.4 Å². The molecule has 1 fully saturated rings. The van der Waals surface area contributed by atoms with E-state index in [0.29, 0.717) is 34.3 Å². The number of alkyl halides is 3. The van der Waals surface area contributed by atoms with E-state index >= 15 is 0 Å². The van der Waals surface area contributed by atoms with Crippen molar-refractivity contribution in [1.29, 1.82) is 0 Å². The van der Waals surface area contributed by atoms with Gasteiger partial charge in [0.15, 0.2) is 0 Å². The molecule has 0 aliphatic carbocycles. The van der Waals surface area contributed by atoms with E-state index in [1.54, 1.807) is 30.6 Å². The third kappa shape index (κ3) is 7.18. The van der Waals surface area contributed by atoms with Gasteiger partial charge in [0.1, 0.15) is 16.8 Å². The molecule has 4 aromatic rings. The molecule has 5 rings (SSSR count). The van der Waals surface area contributed by atoms with E-state index in [2.05, 4.69) is 51.6 Å². The number of rotatable bonds is 5. The summed E-state index contributed by atoms with van der Waals surface area (Å²) in [4.78, 5) is 34.6. The van der Waals surface area contributed by atoms with Crippen molar-refractivity contribution in [2.24, 2.45) is 0 Å². The van der Waals surface area contributed by atoms with Crippen LogP contribution in [0.2, 0.25) is 0 Å². The van der Waals surface area contributed by atoms with E-state index < -0.39 is 12.3 Å². The van der Waals surface area contributed by atoms with Crippen molar-refractivity contribution in [2.75, 3.05) is 38.5 Å². The van der Waals surface area contributed by atoms with Crippen molar-refractivity contribution in [3.63, 3.8) is 0 Å². The van der Waals surface area contributed by atoms with Crippen LogP contribution in [0.5, 0.6) is 5.75 Å². The highest BCUT2D eigenvalue weighted by Crippen LogP contribution is 2.31. The molecule has 1 aliphatic rings. The first-order valence-corrected chi connectivity index (χ1v) is 13.2.